The molecule has 0 N–H and O–H groups in total. The van der Waals surface area contributed by atoms with E-state index < -0.39 is 12.0 Å². The van der Waals surface area contributed by atoms with Gasteiger partial charge in [0.1, 0.15) is 5.75 Å². The molecule has 0 aliphatic carbocycles. The standard InChI is InChI=1S/C16H19F3N4OS/c1-24-13-4-2-12(3-5-13)6-7-22-8-10-23(11-9-22)15-20-14(21-25-15)16(17,18)19/h2-5H,6-11H2,1H3. The van der Waals surface area contributed by atoms with E-state index in [0.717, 1.165) is 43.3 Å². The van der Waals surface area contributed by atoms with Gasteiger partial charge >= 0.3 is 6.18 Å². The van der Waals surface area contributed by atoms with E-state index >= 15 is 0 Å². The summed E-state index contributed by atoms with van der Waals surface area (Å²) in [5.74, 6) is -0.206. The lowest BCUT2D eigenvalue weighted by atomic mass is 10.1. The second-order valence-corrected chi connectivity index (χ2v) is 6.56. The van der Waals surface area contributed by atoms with Crippen molar-refractivity contribution in [1.29, 1.82) is 0 Å². The predicted octanol–water partition coefficient (Wildman–Crippen LogP) is 2.93. The molecule has 3 rings (SSSR count). The third-order valence-electron chi connectivity index (χ3n) is 4.19. The van der Waals surface area contributed by atoms with E-state index in [4.69, 9.17) is 4.74 Å². The van der Waals surface area contributed by atoms with Crippen LogP contribution in [-0.2, 0) is 12.6 Å². The van der Waals surface area contributed by atoms with Crippen LogP contribution in [0.2, 0.25) is 0 Å². The molecule has 2 aromatic rings. The third-order valence-corrected chi connectivity index (χ3v) is 4.96. The van der Waals surface area contributed by atoms with Crippen molar-refractivity contribution in [2.75, 3.05) is 44.7 Å². The largest absolute Gasteiger partial charge is 0.497 e. The molecule has 5 nitrogen and oxygen atoms in total. The number of benzene rings is 1. The topological polar surface area (TPSA) is 41.5 Å². The molecule has 25 heavy (non-hydrogen) atoms. The van der Waals surface area contributed by atoms with Gasteiger partial charge in [0.05, 0.1) is 7.11 Å². The molecule has 0 unspecified atom stereocenters. The molecule has 9 heteroatoms. The van der Waals surface area contributed by atoms with Crippen molar-refractivity contribution in [2.45, 2.75) is 12.6 Å². The first-order valence-electron chi connectivity index (χ1n) is 7.97. The summed E-state index contributed by atoms with van der Waals surface area (Å²) in [4.78, 5) is 7.80. The van der Waals surface area contributed by atoms with Gasteiger partial charge in [-0.2, -0.15) is 22.5 Å². The Kier molecular flexibility index (Phi) is 5.43. The Bertz CT molecular complexity index is 681. The number of hydrogen-bond donors (Lipinski definition) is 0. The molecule has 0 saturated carbocycles. The number of alkyl halides is 3. The minimum atomic E-state index is -4.48. The van der Waals surface area contributed by atoms with Crippen LogP contribution < -0.4 is 9.64 Å². The molecule has 0 atom stereocenters. The minimum Gasteiger partial charge on any atom is -0.497 e. The van der Waals surface area contributed by atoms with Gasteiger partial charge in [-0.3, -0.25) is 4.90 Å². The first-order valence-corrected chi connectivity index (χ1v) is 8.74. The molecular weight excluding hydrogens is 353 g/mol. The highest BCUT2D eigenvalue weighted by Crippen LogP contribution is 2.30. The highest BCUT2D eigenvalue weighted by Gasteiger charge is 2.36. The van der Waals surface area contributed by atoms with Gasteiger partial charge in [-0.15, -0.1) is 0 Å². The average Bonchev–Trinajstić information content (AvgIpc) is 3.11. The zero-order chi connectivity index (χ0) is 17.9. The average molecular weight is 372 g/mol. The van der Waals surface area contributed by atoms with Crippen molar-refractivity contribution in [3.05, 3.63) is 35.7 Å². The molecule has 136 valence electrons. The van der Waals surface area contributed by atoms with E-state index in [9.17, 15) is 13.2 Å². The van der Waals surface area contributed by atoms with Crippen LogP contribution in [0.15, 0.2) is 24.3 Å². The van der Waals surface area contributed by atoms with Crippen molar-refractivity contribution >= 4 is 16.7 Å². The fraction of sp³-hybridized carbons (Fsp3) is 0.500. The van der Waals surface area contributed by atoms with Crippen LogP contribution in [0.3, 0.4) is 0 Å². The van der Waals surface area contributed by atoms with Crippen LogP contribution in [0.5, 0.6) is 5.75 Å². The fourth-order valence-corrected chi connectivity index (χ4v) is 3.44. The number of rotatable bonds is 5. The summed E-state index contributed by atoms with van der Waals surface area (Å²) in [6.45, 7) is 3.85. The van der Waals surface area contributed by atoms with Gasteiger partial charge in [0.2, 0.25) is 11.0 Å². The van der Waals surface area contributed by atoms with Crippen LogP contribution in [0, 0.1) is 0 Å². The van der Waals surface area contributed by atoms with E-state index in [2.05, 4.69) is 26.4 Å². The molecule has 1 aliphatic rings. The van der Waals surface area contributed by atoms with Crippen molar-refractivity contribution in [3.8, 4) is 5.75 Å². The van der Waals surface area contributed by atoms with Crippen LogP contribution in [0.25, 0.3) is 0 Å². The summed E-state index contributed by atoms with van der Waals surface area (Å²) in [5, 5.41) is 0.349. The van der Waals surface area contributed by atoms with Gasteiger partial charge in [-0.1, -0.05) is 12.1 Å². The Morgan fingerprint density at radius 1 is 1.12 bits per heavy atom. The summed E-state index contributed by atoms with van der Waals surface area (Å²) >= 11 is 0.812. The minimum absolute atomic E-state index is 0.349. The van der Waals surface area contributed by atoms with E-state index in [-0.39, 0.29) is 0 Å². The predicted molar refractivity (Wildman–Crippen MR) is 90.3 cm³/mol. The Balaban J connectivity index is 1.47. The quantitative estimate of drug-likeness (QED) is 0.807. The van der Waals surface area contributed by atoms with Crippen LogP contribution in [-0.4, -0.2) is 54.1 Å². The monoisotopic (exact) mass is 372 g/mol. The van der Waals surface area contributed by atoms with Crippen molar-refractivity contribution in [3.63, 3.8) is 0 Å². The van der Waals surface area contributed by atoms with Gasteiger partial charge in [-0.25, -0.2) is 0 Å². The molecule has 0 spiro atoms. The Morgan fingerprint density at radius 3 is 2.36 bits per heavy atom. The molecule has 1 aromatic heterocycles. The summed E-state index contributed by atoms with van der Waals surface area (Å²) < 4.78 is 46.3. The van der Waals surface area contributed by atoms with E-state index in [0.29, 0.717) is 18.2 Å². The number of hydrogen-bond acceptors (Lipinski definition) is 6. The summed E-state index contributed by atoms with van der Waals surface area (Å²) in [5.41, 5.74) is 1.24. The molecule has 1 fully saturated rings. The van der Waals surface area contributed by atoms with Gasteiger partial charge in [0.25, 0.3) is 0 Å². The second-order valence-electron chi connectivity index (χ2n) is 5.83. The summed E-state index contributed by atoms with van der Waals surface area (Å²) in [7, 11) is 1.64. The molecule has 1 aromatic carbocycles. The van der Waals surface area contributed by atoms with Crippen molar-refractivity contribution in [2.24, 2.45) is 0 Å². The lowest BCUT2D eigenvalue weighted by Gasteiger charge is -2.34. The van der Waals surface area contributed by atoms with Crippen LogP contribution >= 0.6 is 11.5 Å². The number of piperazine rings is 1. The third kappa shape index (κ3) is 4.60. The normalized spacial score (nSPS) is 16.2. The number of methoxy groups -OCH3 is 1. The molecule has 0 amide bonds. The number of anilines is 1. The summed E-state index contributed by atoms with van der Waals surface area (Å²) in [6.07, 6.45) is -3.55. The number of halogens is 3. The van der Waals surface area contributed by atoms with Crippen LogP contribution in [0.4, 0.5) is 18.3 Å². The summed E-state index contributed by atoms with van der Waals surface area (Å²) in [6, 6.07) is 7.99. The zero-order valence-corrected chi connectivity index (χ0v) is 14.6. The van der Waals surface area contributed by atoms with Gasteiger partial charge < -0.3 is 9.64 Å². The van der Waals surface area contributed by atoms with Crippen molar-refractivity contribution in [1.82, 2.24) is 14.3 Å². The Labute approximate surface area is 148 Å². The molecule has 0 radical (unpaired) electrons. The maximum Gasteiger partial charge on any atom is 0.452 e. The lowest BCUT2D eigenvalue weighted by molar-refractivity contribution is -0.144. The lowest BCUT2D eigenvalue weighted by Crippen LogP contribution is -2.47. The smallest absolute Gasteiger partial charge is 0.452 e. The maximum atomic E-state index is 12.6. The van der Waals surface area contributed by atoms with Crippen molar-refractivity contribution < 1.29 is 17.9 Å². The van der Waals surface area contributed by atoms with E-state index in [1.54, 1.807) is 7.11 Å². The van der Waals surface area contributed by atoms with E-state index in [1.165, 1.54) is 5.56 Å². The number of nitrogens with zero attached hydrogens (tertiary/aromatic N) is 4. The molecular formula is C16H19F3N4OS. The highest BCUT2D eigenvalue weighted by atomic mass is 32.1. The molecule has 1 saturated heterocycles. The van der Waals surface area contributed by atoms with Gasteiger partial charge in [0.15, 0.2) is 0 Å². The van der Waals surface area contributed by atoms with Gasteiger partial charge in [-0.05, 0) is 24.1 Å². The Hall–Kier alpha value is -1.87. The molecule has 2 heterocycles. The number of aromatic nitrogens is 2. The van der Waals surface area contributed by atoms with Crippen LogP contribution in [0.1, 0.15) is 11.4 Å². The second kappa shape index (κ2) is 7.57. The highest BCUT2D eigenvalue weighted by molar-refractivity contribution is 7.09. The SMILES string of the molecule is COc1ccc(CCN2CCN(c3nc(C(F)(F)F)ns3)CC2)cc1. The Morgan fingerprint density at radius 2 is 1.80 bits per heavy atom. The first-order chi connectivity index (χ1) is 12.0. The maximum absolute atomic E-state index is 12.6. The molecule has 0 bridgehead atoms. The number of ether oxygens (including phenoxy) is 1. The first kappa shape index (κ1) is 17.9. The fourth-order valence-electron chi connectivity index (χ4n) is 2.70. The van der Waals surface area contributed by atoms with E-state index in [1.807, 2.05) is 17.0 Å². The van der Waals surface area contributed by atoms with Gasteiger partial charge in [0, 0.05) is 44.3 Å². The molecule has 1 aliphatic heterocycles. The zero-order valence-electron chi connectivity index (χ0n) is 13.8.